The van der Waals surface area contributed by atoms with Gasteiger partial charge in [-0.3, -0.25) is 0 Å². The first-order valence-electron chi connectivity index (χ1n) is 6.74. The molecule has 1 saturated carbocycles. The monoisotopic (exact) mass is 274 g/mol. The molecule has 0 unspecified atom stereocenters. The summed E-state index contributed by atoms with van der Waals surface area (Å²) in [6.45, 7) is 0.226. The van der Waals surface area contributed by atoms with Crippen LogP contribution in [-0.2, 0) is 11.3 Å². The van der Waals surface area contributed by atoms with Crippen LogP contribution in [0.15, 0.2) is 30.3 Å². The second kappa shape index (κ2) is 6.92. The van der Waals surface area contributed by atoms with Crippen molar-refractivity contribution in [3.05, 3.63) is 35.9 Å². The van der Waals surface area contributed by atoms with E-state index in [4.69, 9.17) is 10.00 Å². The van der Waals surface area contributed by atoms with Gasteiger partial charge < -0.3 is 15.2 Å². The smallest absolute Gasteiger partial charge is 0.407 e. The van der Waals surface area contributed by atoms with Gasteiger partial charge in [-0.2, -0.15) is 5.26 Å². The van der Waals surface area contributed by atoms with Crippen molar-refractivity contribution in [2.24, 2.45) is 5.92 Å². The minimum Gasteiger partial charge on any atom is -0.445 e. The molecule has 0 radical (unpaired) electrons. The molecule has 1 aliphatic carbocycles. The van der Waals surface area contributed by atoms with Crippen molar-refractivity contribution in [1.29, 1.82) is 5.26 Å². The van der Waals surface area contributed by atoms with Crippen molar-refractivity contribution in [2.45, 2.75) is 38.0 Å². The molecule has 1 aromatic rings. The molecular weight excluding hydrogens is 256 g/mol. The van der Waals surface area contributed by atoms with Crippen molar-refractivity contribution < 1.29 is 14.6 Å². The van der Waals surface area contributed by atoms with Crippen LogP contribution in [0.3, 0.4) is 0 Å². The quantitative estimate of drug-likeness (QED) is 0.882. The predicted octanol–water partition coefficient (Wildman–Crippen LogP) is 1.97. The summed E-state index contributed by atoms with van der Waals surface area (Å²) >= 11 is 0. The van der Waals surface area contributed by atoms with E-state index in [0.717, 1.165) is 5.56 Å². The number of aliphatic hydroxyl groups is 1. The standard InChI is InChI=1S/C15H18N2O3/c16-9-12-8-13(6-7-14(12)18)17-15(19)20-10-11-4-2-1-3-5-11/h1-5,12-14,18H,6-8,10H2,(H,17,19)/t12-,13-,14+/m0/s1. The van der Waals surface area contributed by atoms with Crippen molar-refractivity contribution in [1.82, 2.24) is 5.32 Å². The first kappa shape index (κ1) is 14.4. The summed E-state index contributed by atoms with van der Waals surface area (Å²) < 4.78 is 5.13. The minimum atomic E-state index is -0.585. The summed E-state index contributed by atoms with van der Waals surface area (Å²) in [6, 6.07) is 11.4. The van der Waals surface area contributed by atoms with E-state index in [1.54, 1.807) is 0 Å². The van der Waals surface area contributed by atoms with Crippen LogP contribution < -0.4 is 5.32 Å². The van der Waals surface area contributed by atoms with Crippen molar-refractivity contribution in [3.63, 3.8) is 0 Å². The molecule has 0 aromatic heterocycles. The van der Waals surface area contributed by atoms with Gasteiger partial charge in [-0.05, 0) is 24.8 Å². The topological polar surface area (TPSA) is 82.4 Å². The van der Waals surface area contributed by atoms with Crippen molar-refractivity contribution >= 4 is 6.09 Å². The maximum absolute atomic E-state index is 11.7. The molecule has 20 heavy (non-hydrogen) atoms. The molecular formula is C15H18N2O3. The Labute approximate surface area is 118 Å². The van der Waals surface area contributed by atoms with Crippen LogP contribution in [0.5, 0.6) is 0 Å². The van der Waals surface area contributed by atoms with E-state index in [9.17, 15) is 9.90 Å². The Bertz CT molecular complexity index is 484. The molecule has 2 N–H and O–H groups in total. The number of nitrogens with one attached hydrogen (secondary N) is 1. The number of benzene rings is 1. The second-order valence-electron chi connectivity index (χ2n) is 5.02. The van der Waals surface area contributed by atoms with E-state index in [1.165, 1.54) is 0 Å². The van der Waals surface area contributed by atoms with Crippen LogP contribution in [0.25, 0.3) is 0 Å². The van der Waals surface area contributed by atoms with E-state index < -0.39 is 18.1 Å². The maximum Gasteiger partial charge on any atom is 0.407 e. The zero-order valence-electron chi connectivity index (χ0n) is 11.2. The summed E-state index contributed by atoms with van der Waals surface area (Å²) in [5.74, 6) is -0.414. The summed E-state index contributed by atoms with van der Waals surface area (Å²) in [5.41, 5.74) is 0.927. The molecule has 5 heteroatoms. The van der Waals surface area contributed by atoms with Gasteiger partial charge in [-0.25, -0.2) is 4.79 Å². The Balaban J connectivity index is 1.76. The highest BCUT2D eigenvalue weighted by Gasteiger charge is 2.30. The normalized spacial score (nSPS) is 25.5. The van der Waals surface area contributed by atoms with E-state index in [2.05, 4.69) is 11.4 Å². The molecule has 0 spiro atoms. The van der Waals surface area contributed by atoms with Gasteiger partial charge >= 0.3 is 6.09 Å². The highest BCUT2D eigenvalue weighted by atomic mass is 16.5. The number of carbonyl (C=O) groups is 1. The van der Waals surface area contributed by atoms with Crippen molar-refractivity contribution in [2.75, 3.05) is 0 Å². The SMILES string of the molecule is N#C[C@@H]1C[C@@H](NC(=O)OCc2ccccc2)CC[C@H]1O. The first-order valence-corrected chi connectivity index (χ1v) is 6.74. The van der Waals surface area contributed by atoms with E-state index in [0.29, 0.717) is 19.3 Å². The van der Waals surface area contributed by atoms with Gasteiger partial charge in [-0.1, -0.05) is 30.3 Å². The summed E-state index contributed by atoms with van der Waals surface area (Å²) in [5, 5.41) is 21.3. The summed E-state index contributed by atoms with van der Waals surface area (Å²) in [6.07, 6.45) is 0.602. The largest absolute Gasteiger partial charge is 0.445 e. The molecule has 106 valence electrons. The van der Waals surface area contributed by atoms with E-state index in [1.807, 2.05) is 30.3 Å². The van der Waals surface area contributed by atoms with Crippen LogP contribution in [0, 0.1) is 17.2 Å². The molecule has 1 aliphatic rings. The van der Waals surface area contributed by atoms with Gasteiger partial charge in [0.1, 0.15) is 6.61 Å². The highest BCUT2D eigenvalue weighted by molar-refractivity contribution is 5.67. The number of rotatable bonds is 3. The van der Waals surface area contributed by atoms with Crippen LogP contribution in [0.1, 0.15) is 24.8 Å². The fourth-order valence-electron chi connectivity index (χ4n) is 2.36. The third-order valence-corrected chi connectivity index (χ3v) is 3.51. The Morgan fingerprint density at radius 1 is 1.40 bits per heavy atom. The first-order chi connectivity index (χ1) is 9.69. The van der Waals surface area contributed by atoms with Crippen molar-refractivity contribution in [3.8, 4) is 6.07 Å². The van der Waals surface area contributed by atoms with Gasteiger partial charge in [0.15, 0.2) is 0 Å². The number of alkyl carbamates (subject to hydrolysis) is 1. The average molecular weight is 274 g/mol. The maximum atomic E-state index is 11.7. The number of nitrogens with zero attached hydrogens (tertiary/aromatic N) is 1. The van der Waals surface area contributed by atoms with Crippen LogP contribution >= 0.6 is 0 Å². The van der Waals surface area contributed by atoms with Gasteiger partial charge in [0.25, 0.3) is 0 Å². The Hall–Kier alpha value is -2.06. The van der Waals surface area contributed by atoms with E-state index >= 15 is 0 Å². The van der Waals surface area contributed by atoms with Crippen LogP contribution in [0.4, 0.5) is 4.79 Å². The van der Waals surface area contributed by atoms with Crippen LogP contribution in [-0.4, -0.2) is 23.3 Å². The summed E-state index contributed by atoms with van der Waals surface area (Å²) in [4.78, 5) is 11.7. The molecule has 3 atom stereocenters. The number of nitriles is 1. The lowest BCUT2D eigenvalue weighted by Gasteiger charge is -2.29. The molecule has 2 rings (SSSR count). The van der Waals surface area contributed by atoms with Crippen LogP contribution in [0.2, 0.25) is 0 Å². The van der Waals surface area contributed by atoms with Gasteiger partial charge in [0.05, 0.1) is 18.1 Å². The lowest BCUT2D eigenvalue weighted by Crippen LogP contribution is -2.42. The molecule has 0 heterocycles. The third kappa shape index (κ3) is 3.97. The number of amides is 1. The van der Waals surface area contributed by atoms with Gasteiger partial charge in [-0.15, -0.1) is 0 Å². The molecule has 0 bridgehead atoms. The highest BCUT2D eigenvalue weighted by Crippen LogP contribution is 2.24. The molecule has 1 aromatic carbocycles. The zero-order chi connectivity index (χ0) is 14.4. The Kier molecular flexibility index (Phi) is 4.97. The predicted molar refractivity (Wildman–Crippen MR) is 72.5 cm³/mol. The Morgan fingerprint density at radius 2 is 2.15 bits per heavy atom. The number of hydrogen-bond acceptors (Lipinski definition) is 4. The minimum absolute atomic E-state index is 0.105. The number of aliphatic hydroxyl groups excluding tert-OH is 1. The fourth-order valence-corrected chi connectivity index (χ4v) is 2.36. The summed E-state index contributed by atoms with van der Waals surface area (Å²) in [7, 11) is 0. The molecule has 1 fully saturated rings. The fraction of sp³-hybridized carbons (Fsp3) is 0.467. The molecule has 0 saturated heterocycles. The Morgan fingerprint density at radius 3 is 2.85 bits per heavy atom. The lowest BCUT2D eigenvalue weighted by molar-refractivity contribution is 0.0774. The molecule has 0 aliphatic heterocycles. The van der Waals surface area contributed by atoms with E-state index in [-0.39, 0.29) is 12.6 Å². The van der Waals surface area contributed by atoms with Gasteiger partial charge in [0, 0.05) is 6.04 Å². The number of carbonyl (C=O) groups excluding carboxylic acids is 1. The molecule has 5 nitrogen and oxygen atoms in total. The molecule has 1 amide bonds. The lowest BCUT2D eigenvalue weighted by atomic mass is 9.84. The number of ether oxygens (including phenoxy) is 1. The van der Waals surface area contributed by atoms with Gasteiger partial charge in [0.2, 0.25) is 0 Å². The average Bonchev–Trinajstić information content (AvgIpc) is 2.48. The second-order valence-corrected chi connectivity index (χ2v) is 5.02. The zero-order valence-corrected chi connectivity index (χ0v) is 11.2. The number of hydrogen-bond donors (Lipinski definition) is 2. The third-order valence-electron chi connectivity index (χ3n) is 3.51.